The first-order valence-corrected chi connectivity index (χ1v) is 4.77. The van der Waals surface area contributed by atoms with Gasteiger partial charge >= 0.3 is 0 Å². The van der Waals surface area contributed by atoms with E-state index in [2.05, 4.69) is 32.3 Å². The van der Waals surface area contributed by atoms with Crippen LogP contribution in [0.1, 0.15) is 6.42 Å². The van der Waals surface area contributed by atoms with E-state index >= 15 is 0 Å². The first kappa shape index (κ1) is 7.50. The summed E-state index contributed by atoms with van der Waals surface area (Å²) in [6, 6.07) is 0.539. The molecule has 1 N–H and O–H groups in total. The van der Waals surface area contributed by atoms with Crippen molar-refractivity contribution in [3.05, 3.63) is 10.6 Å². The Kier molecular flexibility index (Phi) is 2.09. The Labute approximate surface area is 74.9 Å². The van der Waals surface area contributed by atoms with Crippen LogP contribution < -0.4 is 5.32 Å². The molecule has 0 aliphatic carbocycles. The normalized spacial score (nSPS) is 36.3. The van der Waals surface area contributed by atoms with E-state index in [0.717, 1.165) is 17.6 Å². The summed E-state index contributed by atoms with van der Waals surface area (Å²) < 4.78 is 1.13. The van der Waals surface area contributed by atoms with Crippen molar-refractivity contribution in [2.24, 2.45) is 10.9 Å². The van der Waals surface area contributed by atoms with Crippen LogP contribution >= 0.6 is 15.9 Å². The van der Waals surface area contributed by atoms with Crippen LogP contribution in [0.3, 0.4) is 0 Å². The Balaban J connectivity index is 2.13. The molecule has 0 aromatic rings. The molecule has 2 atom stereocenters. The molecular weight excluding hydrogens is 204 g/mol. The van der Waals surface area contributed by atoms with Gasteiger partial charge in [0.15, 0.2) is 0 Å². The van der Waals surface area contributed by atoms with E-state index < -0.39 is 0 Å². The number of nitrogens with zero attached hydrogens (tertiary/aromatic N) is 1. The molecule has 1 saturated heterocycles. The highest BCUT2D eigenvalue weighted by molar-refractivity contribution is 9.12. The van der Waals surface area contributed by atoms with Crippen molar-refractivity contribution in [2.45, 2.75) is 12.5 Å². The Morgan fingerprint density at radius 3 is 3.45 bits per heavy atom. The first-order valence-electron chi connectivity index (χ1n) is 3.97. The minimum atomic E-state index is 0.539. The summed E-state index contributed by atoms with van der Waals surface area (Å²) in [6.07, 6.45) is 5.36. The molecule has 0 radical (unpaired) electrons. The quantitative estimate of drug-likeness (QED) is 0.647. The lowest BCUT2D eigenvalue weighted by molar-refractivity contribution is 0.380. The number of nitrogens with one attached hydrogen (secondary N) is 1. The number of hydrogen-bond donors (Lipinski definition) is 1. The number of dihydropyridines is 1. The molecule has 3 heteroatoms. The van der Waals surface area contributed by atoms with Crippen LogP contribution in [0.25, 0.3) is 0 Å². The zero-order chi connectivity index (χ0) is 7.68. The van der Waals surface area contributed by atoms with Crippen LogP contribution in [0.2, 0.25) is 0 Å². The second-order valence-corrected chi connectivity index (χ2v) is 3.97. The van der Waals surface area contributed by atoms with Crippen molar-refractivity contribution in [3.8, 4) is 0 Å². The maximum Gasteiger partial charge on any atom is 0.0587 e. The van der Waals surface area contributed by atoms with Crippen LogP contribution in [0.4, 0.5) is 0 Å². The van der Waals surface area contributed by atoms with Crippen molar-refractivity contribution in [1.82, 2.24) is 5.32 Å². The molecule has 1 fully saturated rings. The van der Waals surface area contributed by atoms with Gasteiger partial charge in [0.25, 0.3) is 0 Å². The molecule has 2 rings (SSSR count). The average molecular weight is 215 g/mol. The van der Waals surface area contributed by atoms with Crippen molar-refractivity contribution < 1.29 is 0 Å². The van der Waals surface area contributed by atoms with E-state index in [0.29, 0.717) is 12.0 Å². The zero-order valence-electron chi connectivity index (χ0n) is 6.26. The molecule has 0 spiro atoms. The summed E-state index contributed by atoms with van der Waals surface area (Å²) in [5.74, 6) is 0.614. The smallest absolute Gasteiger partial charge is 0.0587 e. The fraction of sp³-hybridized carbons (Fsp3) is 0.625. The van der Waals surface area contributed by atoms with Crippen molar-refractivity contribution >= 4 is 22.1 Å². The summed E-state index contributed by atoms with van der Waals surface area (Å²) >= 11 is 3.43. The van der Waals surface area contributed by atoms with Crippen molar-refractivity contribution in [2.75, 3.05) is 13.1 Å². The van der Waals surface area contributed by atoms with Crippen molar-refractivity contribution in [3.63, 3.8) is 0 Å². The lowest BCUT2D eigenvalue weighted by Gasteiger charge is -2.29. The lowest BCUT2D eigenvalue weighted by atomic mass is 9.92. The number of halogens is 1. The van der Waals surface area contributed by atoms with Crippen LogP contribution in [-0.4, -0.2) is 25.3 Å². The third-order valence-electron chi connectivity index (χ3n) is 2.25. The molecule has 2 aliphatic rings. The van der Waals surface area contributed by atoms with Gasteiger partial charge in [0.05, 0.1) is 6.04 Å². The van der Waals surface area contributed by atoms with Crippen molar-refractivity contribution in [1.29, 1.82) is 0 Å². The Morgan fingerprint density at radius 2 is 2.55 bits per heavy atom. The maximum atomic E-state index is 4.45. The molecule has 0 saturated carbocycles. The summed E-state index contributed by atoms with van der Waals surface area (Å²) in [7, 11) is 0. The van der Waals surface area contributed by atoms with E-state index in [9.17, 15) is 0 Å². The monoisotopic (exact) mass is 214 g/mol. The molecule has 11 heavy (non-hydrogen) atoms. The number of hydrogen-bond acceptors (Lipinski definition) is 2. The topological polar surface area (TPSA) is 24.4 Å². The number of piperidine rings is 1. The summed E-state index contributed by atoms with van der Waals surface area (Å²) in [4.78, 5) is 4.45. The third kappa shape index (κ3) is 1.54. The molecule has 0 aromatic heterocycles. The zero-order valence-corrected chi connectivity index (χ0v) is 7.84. The third-order valence-corrected chi connectivity index (χ3v) is 2.72. The van der Waals surface area contributed by atoms with Gasteiger partial charge in [-0.3, -0.25) is 4.99 Å². The van der Waals surface area contributed by atoms with Gasteiger partial charge in [0, 0.05) is 23.2 Å². The molecule has 0 amide bonds. The molecule has 60 valence electrons. The standard InChI is InChI=1S/C8H11BrN2/c9-7-3-6-4-10-2-1-8(6)11-5-7/h3,5-6,8,10H,1-2,4H2. The average Bonchev–Trinajstić information content (AvgIpc) is 2.04. The van der Waals surface area contributed by atoms with E-state index in [1.54, 1.807) is 0 Å². The maximum absolute atomic E-state index is 4.45. The Bertz CT molecular complexity index is 210. The summed E-state index contributed by atoms with van der Waals surface area (Å²) in [5, 5.41) is 3.37. The second-order valence-electron chi connectivity index (χ2n) is 3.05. The number of rotatable bonds is 0. The second kappa shape index (κ2) is 3.07. The number of allylic oxidation sites excluding steroid dienone is 1. The van der Waals surface area contributed by atoms with Gasteiger partial charge in [-0.1, -0.05) is 6.08 Å². The summed E-state index contributed by atoms with van der Waals surface area (Å²) in [6.45, 7) is 2.20. The molecule has 2 nitrogen and oxygen atoms in total. The van der Waals surface area contributed by atoms with Gasteiger partial charge in [-0.25, -0.2) is 0 Å². The van der Waals surface area contributed by atoms with Gasteiger partial charge in [0.1, 0.15) is 0 Å². The Morgan fingerprint density at radius 1 is 1.64 bits per heavy atom. The predicted octanol–water partition coefficient (Wildman–Crippen LogP) is 1.33. The highest BCUT2D eigenvalue weighted by atomic mass is 79.9. The van der Waals surface area contributed by atoms with Gasteiger partial charge < -0.3 is 5.32 Å². The van der Waals surface area contributed by atoms with Crippen LogP contribution in [0.5, 0.6) is 0 Å². The van der Waals surface area contributed by atoms with Gasteiger partial charge in [-0.2, -0.15) is 0 Å². The predicted molar refractivity (Wildman–Crippen MR) is 50.3 cm³/mol. The van der Waals surface area contributed by atoms with Crippen LogP contribution in [0, 0.1) is 5.92 Å². The molecule has 2 aliphatic heterocycles. The Hall–Kier alpha value is -0.150. The minimum absolute atomic E-state index is 0.539. The SMILES string of the molecule is BrC1=CC2CNCCC2N=C1. The van der Waals surface area contributed by atoms with Gasteiger partial charge in [0.2, 0.25) is 0 Å². The van der Waals surface area contributed by atoms with E-state index in [4.69, 9.17) is 0 Å². The fourth-order valence-electron chi connectivity index (χ4n) is 1.64. The number of fused-ring (bicyclic) bond motifs is 1. The van der Waals surface area contributed by atoms with Crippen LogP contribution in [0.15, 0.2) is 15.6 Å². The molecule has 0 bridgehead atoms. The van der Waals surface area contributed by atoms with Gasteiger partial charge in [-0.05, 0) is 28.9 Å². The first-order chi connectivity index (χ1) is 5.36. The molecular formula is C8H11BrN2. The van der Waals surface area contributed by atoms with E-state index in [1.807, 2.05) is 6.21 Å². The van der Waals surface area contributed by atoms with Crippen LogP contribution in [-0.2, 0) is 0 Å². The molecule has 2 unspecified atom stereocenters. The molecule has 0 aromatic carbocycles. The lowest BCUT2D eigenvalue weighted by Crippen LogP contribution is -2.39. The number of aliphatic imine (C=N–C) groups is 1. The fourth-order valence-corrected chi connectivity index (χ4v) is 2.10. The van der Waals surface area contributed by atoms with Gasteiger partial charge in [-0.15, -0.1) is 0 Å². The van der Waals surface area contributed by atoms with E-state index in [-0.39, 0.29) is 0 Å². The highest BCUT2D eigenvalue weighted by Crippen LogP contribution is 2.23. The van der Waals surface area contributed by atoms with E-state index in [1.165, 1.54) is 6.42 Å². The largest absolute Gasteiger partial charge is 0.316 e. The minimum Gasteiger partial charge on any atom is -0.316 e. The molecule has 2 heterocycles. The summed E-state index contributed by atoms with van der Waals surface area (Å²) in [5.41, 5.74) is 0. The highest BCUT2D eigenvalue weighted by Gasteiger charge is 2.24.